The van der Waals surface area contributed by atoms with Crippen molar-refractivity contribution >= 4 is 5.91 Å². The lowest BCUT2D eigenvalue weighted by molar-refractivity contribution is -0.122. The molecule has 1 amide bonds. The van der Waals surface area contributed by atoms with E-state index < -0.39 is 0 Å². The number of benzene rings is 1. The van der Waals surface area contributed by atoms with E-state index in [1.54, 1.807) is 0 Å². The maximum Gasteiger partial charge on any atom is 0.234 e. The average molecular weight is 332 g/mol. The molecule has 0 atom stereocenters. The largest absolute Gasteiger partial charge is 0.396 e. The molecule has 0 radical (unpaired) electrons. The lowest BCUT2D eigenvalue weighted by atomic mass is 9.86. The molecule has 4 nitrogen and oxygen atoms in total. The highest BCUT2D eigenvalue weighted by atomic mass is 16.3. The molecule has 0 bridgehead atoms. The summed E-state index contributed by atoms with van der Waals surface area (Å²) in [6, 6.07) is 8.68. The standard InChI is InChI=1S/C20H32N2O2/c1-20(2,3)18-6-4-16(5-7-18)8-11-21-19(24)14-22-12-9-17(15-23)10-13-22/h4-7,17,23H,8-15H2,1-3H3,(H,21,24). The molecule has 2 N–H and O–H groups in total. The number of nitrogens with zero attached hydrogens (tertiary/aromatic N) is 1. The van der Waals surface area contributed by atoms with Crippen molar-refractivity contribution < 1.29 is 9.90 Å². The van der Waals surface area contributed by atoms with Crippen LogP contribution in [0.1, 0.15) is 44.7 Å². The second-order valence-corrected chi connectivity index (χ2v) is 7.95. The number of amides is 1. The van der Waals surface area contributed by atoms with Crippen LogP contribution in [-0.2, 0) is 16.6 Å². The number of likely N-dealkylation sites (tertiary alicyclic amines) is 1. The Morgan fingerprint density at radius 2 is 1.83 bits per heavy atom. The molecule has 0 aromatic heterocycles. The lowest BCUT2D eigenvalue weighted by Gasteiger charge is -2.30. The number of aliphatic hydroxyl groups excluding tert-OH is 1. The first-order valence-electron chi connectivity index (χ1n) is 9.08. The number of rotatable bonds is 6. The van der Waals surface area contributed by atoms with Gasteiger partial charge in [0.2, 0.25) is 5.91 Å². The summed E-state index contributed by atoms with van der Waals surface area (Å²) < 4.78 is 0. The fourth-order valence-corrected chi connectivity index (χ4v) is 3.10. The van der Waals surface area contributed by atoms with E-state index in [1.807, 2.05) is 0 Å². The maximum atomic E-state index is 12.0. The highest BCUT2D eigenvalue weighted by Gasteiger charge is 2.20. The molecule has 0 spiro atoms. The third-order valence-corrected chi connectivity index (χ3v) is 4.89. The molecule has 1 heterocycles. The zero-order valence-electron chi connectivity index (χ0n) is 15.3. The fourth-order valence-electron chi connectivity index (χ4n) is 3.10. The number of piperidine rings is 1. The Labute approximate surface area is 146 Å². The van der Waals surface area contributed by atoms with E-state index >= 15 is 0 Å². The summed E-state index contributed by atoms with van der Waals surface area (Å²) in [5.41, 5.74) is 2.77. The molecule has 0 aliphatic carbocycles. The summed E-state index contributed by atoms with van der Waals surface area (Å²) in [6.07, 6.45) is 2.84. The van der Waals surface area contributed by atoms with E-state index in [2.05, 4.69) is 55.3 Å². The van der Waals surface area contributed by atoms with Crippen molar-refractivity contribution in [1.29, 1.82) is 0 Å². The van der Waals surface area contributed by atoms with Gasteiger partial charge in [0.1, 0.15) is 0 Å². The smallest absolute Gasteiger partial charge is 0.234 e. The maximum absolute atomic E-state index is 12.0. The monoisotopic (exact) mass is 332 g/mol. The topological polar surface area (TPSA) is 52.6 Å². The summed E-state index contributed by atoms with van der Waals surface area (Å²) in [7, 11) is 0. The molecule has 1 fully saturated rings. The van der Waals surface area contributed by atoms with Crippen LogP contribution in [0.25, 0.3) is 0 Å². The molecule has 4 heteroatoms. The van der Waals surface area contributed by atoms with Gasteiger partial charge in [0.25, 0.3) is 0 Å². The Bertz CT molecular complexity index is 511. The molecule has 24 heavy (non-hydrogen) atoms. The van der Waals surface area contributed by atoms with Crippen LogP contribution >= 0.6 is 0 Å². The first-order chi connectivity index (χ1) is 11.4. The number of hydrogen-bond donors (Lipinski definition) is 2. The number of nitrogens with one attached hydrogen (secondary N) is 1. The van der Waals surface area contributed by atoms with Gasteiger partial charge >= 0.3 is 0 Å². The highest BCUT2D eigenvalue weighted by molar-refractivity contribution is 5.78. The van der Waals surface area contributed by atoms with Crippen LogP contribution in [0.5, 0.6) is 0 Å². The molecule has 1 saturated heterocycles. The van der Waals surface area contributed by atoms with E-state index in [9.17, 15) is 4.79 Å². The van der Waals surface area contributed by atoms with Crippen LogP contribution in [0.3, 0.4) is 0 Å². The number of aliphatic hydroxyl groups is 1. The molecule has 0 saturated carbocycles. The SMILES string of the molecule is CC(C)(C)c1ccc(CCNC(=O)CN2CCC(CO)CC2)cc1. The molecule has 1 aromatic carbocycles. The van der Waals surface area contributed by atoms with Crippen LogP contribution < -0.4 is 5.32 Å². The predicted molar refractivity (Wildman–Crippen MR) is 98.1 cm³/mol. The second kappa shape index (κ2) is 8.63. The predicted octanol–water partition coefficient (Wildman–Crippen LogP) is 2.35. The van der Waals surface area contributed by atoms with Crippen LogP contribution in [-0.4, -0.2) is 48.7 Å². The Kier molecular flexibility index (Phi) is 6.81. The van der Waals surface area contributed by atoms with Crippen molar-refractivity contribution in [2.45, 2.75) is 45.4 Å². The second-order valence-electron chi connectivity index (χ2n) is 7.95. The van der Waals surface area contributed by atoms with E-state index in [0.29, 0.717) is 19.0 Å². The van der Waals surface area contributed by atoms with Gasteiger partial charge in [-0.15, -0.1) is 0 Å². The Balaban J connectivity index is 1.67. The molecule has 1 aliphatic heterocycles. The molecule has 0 unspecified atom stereocenters. The highest BCUT2D eigenvalue weighted by Crippen LogP contribution is 2.22. The number of carbonyl (C=O) groups is 1. The van der Waals surface area contributed by atoms with Gasteiger partial charge in [-0.05, 0) is 54.8 Å². The van der Waals surface area contributed by atoms with E-state index in [4.69, 9.17) is 5.11 Å². The van der Waals surface area contributed by atoms with Gasteiger partial charge in [0.05, 0.1) is 6.54 Å². The molecular formula is C20H32N2O2. The van der Waals surface area contributed by atoms with Gasteiger partial charge < -0.3 is 10.4 Å². The van der Waals surface area contributed by atoms with Crippen molar-refractivity contribution in [3.05, 3.63) is 35.4 Å². The third kappa shape index (κ3) is 5.91. The van der Waals surface area contributed by atoms with Crippen LogP contribution in [0.4, 0.5) is 0 Å². The van der Waals surface area contributed by atoms with Gasteiger partial charge in [-0.2, -0.15) is 0 Å². The quantitative estimate of drug-likeness (QED) is 0.841. The minimum Gasteiger partial charge on any atom is -0.396 e. The van der Waals surface area contributed by atoms with Crippen molar-refractivity contribution in [2.75, 3.05) is 32.8 Å². The third-order valence-electron chi connectivity index (χ3n) is 4.89. The average Bonchev–Trinajstić information content (AvgIpc) is 2.55. The zero-order chi connectivity index (χ0) is 17.6. The summed E-state index contributed by atoms with van der Waals surface area (Å²) >= 11 is 0. The molecule has 1 aliphatic rings. The summed E-state index contributed by atoms with van der Waals surface area (Å²) in [4.78, 5) is 14.2. The summed E-state index contributed by atoms with van der Waals surface area (Å²) in [5, 5.41) is 12.2. The summed E-state index contributed by atoms with van der Waals surface area (Å²) in [6.45, 7) is 9.89. The van der Waals surface area contributed by atoms with Gasteiger partial charge in [-0.1, -0.05) is 45.0 Å². The van der Waals surface area contributed by atoms with Crippen LogP contribution in [0.15, 0.2) is 24.3 Å². The van der Waals surface area contributed by atoms with Crippen molar-refractivity contribution in [3.63, 3.8) is 0 Å². The summed E-state index contributed by atoms with van der Waals surface area (Å²) in [5.74, 6) is 0.518. The van der Waals surface area contributed by atoms with E-state index in [0.717, 1.165) is 32.4 Å². The van der Waals surface area contributed by atoms with Gasteiger partial charge in [-0.25, -0.2) is 0 Å². The van der Waals surface area contributed by atoms with Crippen molar-refractivity contribution in [3.8, 4) is 0 Å². The molecule has 2 rings (SSSR count). The fraction of sp³-hybridized carbons (Fsp3) is 0.650. The zero-order valence-corrected chi connectivity index (χ0v) is 15.3. The van der Waals surface area contributed by atoms with Crippen molar-refractivity contribution in [2.24, 2.45) is 5.92 Å². The van der Waals surface area contributed by atoms with E-state index in [1.165, 1.54) is 11.1 Å². The molecule has 1 aromatic rings. The Morgan fingerprint density at radius 1 is 1.21 bits per heavy atom. The van der Waals surface area contributed by atoms with Gasteiger partial charge in [0, 0.05) is 13.2 Å². The van der Waals surface area contributed by atoms with Crippen LogP contribution in [0, 0.1) is 5.92 Å². The van der Waals surface area contributed by atoms with Gasteiger partial charge in [0.15, 0.2) is 0 Å². The lowest BCUT2D eigenvalue weighted by Crippen LogP contribution is -2.42. The Morgan fingerprint density at radius 3 is 2.38 bits per heavy atom. The van der Waals surface area contributed by atoms with Crippen molar-refractivity contribution in [1.82, 2.24) is 10.2 Å². The Hall–Kier alpha value is -1.39. The minimum absolute atomic E-state index is 0.101. The number of hydrogen-bond acceptors (Lipinski definition) is 3. The van der Waals surface area contributed by atoms with Crippen LogP contribution in [0.2, 0.25) is 0 Å². The first kappa shape index (κ1) is 18.9. The molecular weight excluding hydrogens is 300 g/mol. The van der Waals surface area contributed by atoms with E-state index in [-0.39, 0.29) is 17.9 Å². The first-order valence-corrected chi connectivity index (χ1v) is 9.08. The minimum atomic E-state index is 0.101. The normalized spacial score (nSPS) is 17.0. The number of carbonyl (C=O) groups excluding carboxylic acids is 1. The molecule has 134 valence electrons. The van der Waals surface area contributed by atoms with Gasteiger partial charge in [-0.3, -0.25) is 9.69 Å².